The number of carbonyl (C=O) groups is 3. The van der Waals surface area contributed by atoms with Gasteiger partial charge in [-0.15, -0.1) is 0 Å². The molecule has 0 heterocycles. The van der Waals surface area contributed by atoms with E-state index in [1.165, 1.54) is 57.8 Å². The first-order chi connectivity index (χ1) is 28.5. The average molecular weight is 803 g/mol. The molecule has 0 radical (unpaired) electrons. The molecule has 0 saturated carbocycles. The molecule has 326 valence electrons. The summed E-state index contributed by atoms with van der Waals surface area (Å²) in [6.45, 7) is 6.30. The zero-order valence-corrected chi connectivity index (χ0v) is 37.0. The van der Waals surface area contributed by atoms with E-state index in [4.69, 9.17) is 14.2 Å². The van der Waals surface area contributed by atoms with Gasteiger partial charge in [-0.25, -0.2) is 0 Å². The highest BCUT2D eigenvalue weighted by molar-refractivity contribution is 5.71. The van der Waals surface area contributed by atoms with Crippen LogP contribution < -0.4 is 0 Å². The Kier molecular flexibility index (Phi) is 42.7. The monoisotopic (exact) mass is 803 g/mol. The van der Waals surface area contributed by atoms with E-state index in [1.807, 2.05) is 54.7 Å². The summed E-state index contributed by atoms with van der Waals surface area (Å²) in [7, 11) is 0. The van der Waals surface area contributed by atoms with Gasteiger partial charge in [-0.1, -0.05) is 194 Å². The number of hydrogen-bond donors (Lipinski definition) is 0. The van der Waals surface area contributed by atoms with Gasteiger partial charge in [0.1, 0.15) is 13.2 Å². The van der Waals surface area contributed by atoms with Gasteiger partial charge >= 0.3 is 17.9 Å². The lowest BCUT2D eigenvalue weighted by molar-refractivity contribution is -0.167. The molecule has 0 aliphatic carbocycles. The minimum atomic E-state index is -0.834. The summed E-state index contributed by atoms with van der Waals surface area (Å²) in [5.74, 6) is -1.07. The van der Waals surface area contributed by atoms with Crippen LogP contribution in [0.5, 0.6) is 0 Å². The third-order valence-corrected chi connectivity index (χ3v) is 9.17. The molecule has 0 fully saturated rings. The number of carbonyl (C=O) groups excluding carboxylic acids is 3. The van der Waals surface area contributed by atoms with Crippen molar-refractivity contribution in [3.8, 4) is 0 Å². The zero-order chi connectivity index (χ0) is 42.3. The van der Waals surface area contributed by atoms with Crippen LogP contribution in [0.15, 0.2) is 109 Å². The van der Waals surface area contributed by atoms with Crippen molar-refractivity contribution in [3.05, 3.63) is 109 Å². The van der Waals surface area contributed by atoms with Gasteiger partial charge in [0.25, 0.3) is 0 Å². The van der Waals surface area contributed by atoms with Crippen LogP contribution in [0.1, 0.15) is 181 Å². The lowest BCUT2D eigenvalue weighted by Crippen LogP contribution is -2.30. The van der Waals surface area contributed by atoms with Gasteiger partial charge in [-0.05, 0) is 77.0 Å². The molecule has 0 aliphatic heterocycles. The van der Waals surface area contributed by atoms with Gasteiger partial charge in [0.05, 0.1) is 0 Å². The Morgan fingerprint density at radius 2 is 0.707 bits per heavy atom. The molecule has 0 amide bonds. The molecule has 0 N–H and O–H groups in total. The van der Waals surface area contributed by atoms with Crippen molar-refractivity contribution in [1.29, 1.82) is 0 Å². The number of hydrogen-bond acceptors (Lipinski definition) is 6. The Hall–Kier alpha value is -3.93. The second-order valence-corrected chi connectivity index (χ2v) is 14.8. The molecule has 0 aromatic carbocycles. The van der Waals surface area contributed by atoms with Gasteiger partial charge in [0.15, 0.2) is 6.10 Å². The quantitative estimate of drug-likeness (QED) is 0.0202. The number of allylic oxidation sites excluding steroid dienone is 18. The molecular weight excluding hydrogens is 721 g/mol. The summed E-state index contributed by atoms with van der Waals surface area (Å²) in [4.78, 5) is 37.7. The Morgan fingerprint density at radius 3 is 1.21 bits per heavy atom. The lowest BCUT2D eigenvalue weighted by Gasteiger charge is -2.18. The first-order valence-corrected chi connectivity index (χ1v) is 23.0. The largest absolute Gasteiger partial charge is 0.462 e. The average Bonchev–Trinajstić information content (AvgIpc) is 3.22. The molecule has 0 bridgehead atoms. The summed E-state index contributed by atoms with van der Waals surface area (Å²) < 4.78 is 16.6. The second-order valence-electron chi connectivity index (χ2n) is 14.8. The Morgan fingerprint density at radius 1 is 0.362 bits per heavy atom. The molecule has 0 aromatic rings. The highest BCUT2D eigenvalue weighted by atomic mass is 16.6. The van der Waals surface area contributed by atoms with Crippen LogP contribution >= 0.6 is 0 Å². The van der Waals surface area contributed by atoms with Crippen molar-refractivity contribution in [2.45, 2.75) is 187 Å². The summed E-state index contributed by atoms with van der Waals surface area (Å²) in [6.07, 6.45) is 60.9. The fourth-order valence-corrected chi connectivity index (χ4v) is 5.71. The van der Waals surface area contributed by atoms with Crippen LogP contribution in [0, 0.1) is 0 Å². The van der Waals surface area contributed by atoms with Crippen molar-refractivity contribution in [2.75, 3.05) is 13.2 Å². The van der Waals surface area contributed by atoms with Crippen LogP contribution in [0.2, 0.25) is 0 Å². The topological polar surface area (TPSA) is 78.9 Å². The zero-order valence-electron chi connectivity index (χ0n) is 37.0. The van der Waals surface area contributed by atoms with E-state index in [0.717, 1.165) is 70.6 Å². The van der Waals surface area contributed by atoms with E-state index in [-0.39, 0.29) is 38.0 Å². The molecule has 0 aliphatic rings. The van der Waals surface area contributed by atoms with E-state index in [0.29, 0.717) is 19.3 Å². The smallest absolute Gasteiger partial charge is 0.306 e. The molecular formula is C52H82O6. The SMILES string of the molecule is CC\C=C/C=C\C=C/C=C\C=C/CCCC(=O)OC(COC(=O)CCC/C=C\CCCCCC)COC(=O)CCCCCCC\C=C/C=C\C=C/CCCCCCC. The molecule has 58 heavy (non-hydrogen) atoms. The van der Waals surface area contributed by atoms with Gasteiger partial charge in [0, 0.05) is 19.3 Å². The highest BCUT2D eigenvalue weighted by Crippen LogP contribution is 2.11. The molecule has 6 heteroatoms. The second kappa shape index (κ2) is 45.8. The first kappa shape index (κ1) is 54.1. The highest BCUT2D eigenvalue weighted by Gasteiger charge is 2.19. The summed E-state index contributed by atoms with van der Waals surface area (Å²) >= 11 is 0. The van der Waals surface area contributed by atoms with Gasteiger partial charge in [-0.3, -0.25) is 14.4 Å². The fraction of sp³-hybridized carbons (Fsp3) is 0.596. The first-order valence-electron chi connectivity index (χ1n) is 23.0. The van der Waals surface area contributed by atoms with Gasteiger partial charge in [-0.2, -0.15) is 0 Å². The normalized spacial score (nSPS) is 13.1. The van der Waals surface area contributed by atoms with E-state index in [2.05, 4.69) is 75.5 Å². The van der Waals surface area contributed by atoms with E-state index in [9.17, 15) is 14.4 Å². The number of ether oxygens (including phenoxy) is 3. The van der Waals surface area contributed by atoms with E-state index in [1.54, 1.807) is 0 Å². The Labute approximate surface area is 355 Å². The molecule has 1 atom stereocenters. The Balaban J connectivity index is 4.53. The third-order valence-electron chi connectivity index (χ3n) is 9.17. The predicted octanol–water partition coefficient (Wildman–Crippen LogP) is 14.8. The van der Waals surface area contributed by atoms with Crippen LogP contribution in [-0.4, -0.2) is 37.2 Å². The van der Waals surface area contributed by atoms with Crippen molar-refractivity contribution in [1.82, 2.24) is 0 Å². The standard InChI is InChI=1S/C52H82O6/c1-4-7-10-13-16-19-21-23-24-25-26-27-29-30-33-36-39-42-45-51(54)57-48-49(47-56-50(53)44-41-38-35-32-18-15-12-9-6-3)58-52(55)46-43-40-37-34-31-28-22-20-17-14-11-8-5-2/h8,11,14,17,20-28,31-32,34-35,37,49H,4-7,9-10,12-13,15-16,18-19,29-30,33,36,38-48H2,1-3H3/b11-8-,17-14-,22-20-,23-21-,25-24-,27-26-,31-28-,35-32-,37-34-. The maximum absolute atomic E-state index is 12.7. The van der Waals surface area contributed by atoms with Gasteiger partial charge < -0.3 is 14.2 Å². The fourth-order valence-electron chi connectivity index (χ4n) is 5.71. The lowest BCUT2D eigenvalue weighted by atomic mass is 10.1. The molecule has 0 spiro atoms. The van der Waals surface area contributed by atoms with Crippen molar-refractivity contribution in [2.24, 2.45) is 0 Å². The summed E-state index contributed by atoms with van der Waals surface area (Å²) in [5.41, 5.74) is 0. The predicted molar refractivity (Wildman–Crippen MR) is 247 cm³/mol. The molecule has 6 nitrogen and oxygen atoms in total. The molecule has 0 saturated heterocycles. The van der Waals surface area contributed by atoms with E-state index >= 15 is 0 Å². The summed E-state index contributed by atoms with van der Waals surface area (Å²) in [5, 5.41) is 0. The number of rotatable bonds is 39. The minimum Gasteiger partial charge on any atom is -0.462 e. The van der Waals surface area contributed by atoms with E-state index < -0.39 is 12.1 Å². The molecule has 1 unspecified atom stereocenters. The number of esters is 3. The third kappa shape index (κ3) is 43.2. The molecule has 0 aromatic heterocycles. The van der Waals surface area contributed by atoms with Crippen LogP contribution in [0.4, 0.5) is 0 Å². The van der Waals surface area contributed by atoms with Crippen LogP contribution in [-0.2, 0) is 28.6 Å². The minimum absolute atomic E-state index is 0.128. The Bertz CT molecular complexity index is 1240. The van der Waals surface area contributed by atoms with Crippen molar-refractivity contribution >= 4 is 17.9 Å². The van der Waals surface area contributed by atoms with Crippen LogP contribution in [0.3, 0.4) is 0 Å². The summed E-state index contributed by atoms with van der Waals surface area (Å²) in [6, 6.07) is 0. The molecule has 0 rings (SSSR count). The maximum Gasteiger partial charge on any atom is 0.306 e. The van der Waals surface area contributed by atoms with Gasteiger partial charge in [0.2, 0.25) is 0 Å². The van der Waals surface area contributed by atoms with Crippen molar-refractivity contribution in [3.63, 3.8) is 0 Å². The number of unbranched alkanes of at least 4 members (excludes halogenated alkanes) is 16. The van der Waals surface area contributed by atoms with Crippen molar-refractivity contribution < 1.29 is 28.6 Å². The van der Waals surface area contributed by atoms with Crippen LogP contribution in [0.25, 0.3) is 0 Å². The maximum atomic E-state index is 12.7.